The molecule has 0 saturated heterocycles. The van der Waals surface area contributed by atoms with Gasteiger partial charge in [0.15, 0.2) is 17.3 Å². The van der Waals surface area contributed by atoms with E-state index in [2.05, 4.69) is 0 Å². The highest BCUT2D eigenvalue weighted by Crippen LogP contribution is 2.36. The maximum Gasteiger partial charge on any atom is 0.176 e. The zero-order valence-electron chi connectivity index (χ0n) is 9.29. The predicted molar refractivity (Wildman–Crippen MR) is 60.2 cm³/mol. The lowest BCUT2D eigenvalue weighted by Gasteiger charge is -2.22. The lowest BCUT2D eigenvalue weighted by molar-refractivity contribution is 0.0999. The Bertz CT molecular complexity index is 415. The Kier molecular flexibility index (Phi) is 3.10. The molecule has 0 bridgehead atoms. The van der Waals surface area contributed by atoms with Crippen molar-refractivity contribution in [3.8, 4) is 11.5 Å². The highest BCUT2D eigenvalue weighted by atomic mass is 16.6. The van der Waals surface area contributed by atoms with Crippen LogP contribution >= 0.6 is 0 Å². The molecule has 0 amide bonds. The molecule has 0 atom stereocenters. The van der Waals surface area contributed by atoms with Crippen molar-refractivity contribution in [1.29, 1.82) is 0 Å². The number of hydrogen-bond donors (Lipinski definition) is 1. The molecular formula is C12H15NO3. The SMILES string of the molecule is CCc1c(C(=O)CN)ccc2c1OCCO2. The Morgan fingerprint density at radius 1 is 1.38 bits per heavy atom. The number of rotatable bonds is 3. The molecule has 16 heavy (non-hydrogen) atoms. The van der Waals surface area contributed by atoms with Crippen molar-refractivity contribution in [2.45, 2.75) is 13.3 Å². The van der Waals surface area contributed by atoms with E-state index in [9.17, 15) is 4.79 Å². The minimum absolute atomic E-state index is 0.0205. The van der Waals surface area contributed by atoms with Crippen LogP contribution in [0.3, 0.4) is 0 Å². The third-order valence-corrected chi connectivity index (χ3v) is 2.65. The van der Waals surface area contributed by atoms with Crippen molar-refractivity contribution in [2.24, 2.45) is 5.73 Å². The van der Waals surface area contributed by atoms with Crippen LogP contribution in [-0.4, -0.2) is 25.5 Å². The van der Waals surface area contributed by atoms with Gasteiger partial charge in [-0.05, 0) is 18.6 Å². The summed E-state index contributed by atoms with van der Waals surface area (Å²) in [7, 11) is 0. The summed E-state index contributed by atoms with van der Waals surface area (Å²) < 4.78 is 11.0. The second kappa shape index (κ2) is 4.53. The maximum absolute atomic E-state index is 11.7. The Labute approximate surface area is 94.3 Å². The molecule has 0 aliphatic carbocycles. The van der Waals surface area contributed by atoms with Crippen LogP contribution in [0.1, 0.15) is 22.8 Å². The smallest absolute Gasteiger partial charge is 0.176 e. The minimum Gasteiger partial charge on any atom is -0.486 e. The van der Waals surface area contributed by atoms with Crippen LogP contribution in [0.15, 0.2) is 12.1 Å². The molecule has 2 N–H and O–H groups in total. The lowest BCUT2D eigenvalue weighted by atomic mass is 9.99. The van der Waals surface area contributed by atoms with Gasteiger partial charge in [-0.25, -0.2) is 0 Å². The monoisotopic (exact) mass is 221 g/mol. The van der Waals surface area contributed by atoms with Crippen LogP contribution in [0.2, 0.25) is 0 Å². The average molecular weight is 221 g/mol. The number of benzene rings is 1. The van der Waals surface area contributed by atoms with Gasteiger partial charge in [-0.2, -0.15) is 0 Å². The fourth-order valence-corrected chi connectivity index (χ4v) is 1.90. The zero-order chi connectivity index (χ0) is 11.5. The van der Waals surface area contributed by atoms with Crippen molar-refractivity contribution < 1.29 is 14.3 Å². The van der Waals surface area contributed by atoms with Crippen molar-refractivity contribution in [3.05, 3.63) is 23.3 Å². The Hall–Kier alpha value is -1.55. The van der Waals surface area contributed by atoms with E-state index < -0.39 is 0 Å². The second-order valence-electron chi connectivity index (χ2n) is 3.60. The van der Waals surface area contributed by atoms with Crippen LogP contribution in [0, 0.1) is 0 Å². The summed E-state index contributed by atoms with van der Waals surface area (Å²) >= 11 is 0. The molecule has 86 valence electrons. The lowest BCUT2D eigenvalue weighted by Crippen LogP contribution is -2.20. The summed E-state index contributed by atoms with van der Waals surface area (Å²) in [5.41, 5.74) is 6.93. The Balaban J connectivity index is 2.51. The van der Waals surface area contributed by atoms with E-state index in [0.29, 0.717) is 24.5 Å². The van der Waals surface area contributed by atoms with Crippen molar-refractivity contribution >= 4 is 5.78 Å². The van der Waals surface area contributed by atoms with Crippen molar-refractivity contribution in [2.75, 3.05) is 19.8 Å². The topological polar surface area (TPSA) is 61.6 Å². The highest BCUT2D eigenvalue weighted by Gasteiger charge is 2.20. The summed E-state index contributed by atoms with van der Waals surface area (Å²) in [5, 5.41) is 0. The van der Waals surface area contributed by atoms with Gasteiger partial charge >= 0.3 is 0 Å². The molecule has 1 aliphatic rings. The molecule has 1 heterocycles. The molecule has 0 fully saturated rings. The molecule has 0 saturated carbocycles. The van der Waals surface area contributed by atoms with Gasteiger partial charge in [0, 0.05) is 11.1 Å². The number of hydrogen-bond acceptors (Lipinski definition) is 4. The van der Waals surface area contributed by atoms with Crippen LogP contribution in [-0.2, 0) is 6.42 Å². The van der Waals surface area contributed by atoms with Crippen LogP contribution < -0.4 is 15.2 Å². The minimum atomic E-state index is -0.0613. The number of nitrogens with two attached hydrogens (primary N) is 1. The third kappa shape index (κ3) is 1.76. The first-order valence-electron chi connectivity index (χ1n) is 5.42. The van der Waals surface area contributed by atoms with Crippen LogP contribution in [0.4, 0.5) is 0 Å². The van der Waals surface area contributed by atoms with Crippen molar-refractivity contribution in [1.82, 2.24) is 0 Å². The van der Waals surface area contributed by atoms with Gasteiger partial charge in [0.25, 0.3) is 0 Å². The number of ether oxygens (including phenoxy) is 2. The fraction of sp³-hybridized carbons (Fsp3) is 0.417. The first-order valence-corrected chi connectivity index (χ1v) is 5.42. The van der Waals surface area contributed by atoms with E-state index in [1.165, 1.54) is 0 Å². The summed E-state index contributed by atoms with van der Waals surface area (Å²) in [5.74, 6) is 1.36. The fourth-order valence-electron chi connectivity index (χ4n) is 1.90. The second-order valence-corrected chi connectivity index (χ2v) is 3.60. The molecule has 0 aromatic heterocycles. The van der Waals surface area contributed by atoms with E-state index >= 15 is 0 Å². The Morgan fingerprint density at radius 3 is 2.81 bits per heavy atom. The normalized spacial score (nSPS) is 13.6. The van der Waals surface area contributed by atoms with Gasteiger partial charge in [0.2, 0.25) is 0 Å². The molecule has 2 rings (SSSR count). The van der Waals surface area contributed by atoms with E-state index in [1.54, 1.807) is 12.1 Å². The molecule has 1 aromatic carbocycles. The first-order chi connectivity index (χ1) is 7.77. The van der Waals surface area contributed by atoms with Crippen LogP contribution in [0.25, 0.3) is 0 Å². The molecule has 1 aliphatic heterocycles. The van der Waals surface area contributed by atoms with Gasteiger partial charge < -0.3 is 15.2 Å². The molecule has 0 radical (unpaired) electrons. The van der Waals surface area contributed by atoms with E-state index in [-0.39, 0.29) is 12.3 Å². The first kappa shape index (κ1) is 11.0. The predicted octanol–water partition coefficient (Wildman–Crippen LogP) is 1.16. The van der Waals surface area contributed by atoms with Crippen LogP contribution in [0.5, 0.6) is 11.5 Å². The zero-order valence-corrected chi connectivity index (χ0v) is 9.29. The molecule has 0 unspecified atom stereocenters. The third-order valence-electron chi connectivity index (χ3n) is 2.65. The van der Waals surface area contributed by atoms with Gasteiger partial charge in [0.1, 0.15) is 13.2 Å². The number of Topliss-reactive ketones (excluding diaryl/α,β-unsaturated/α-hetero) is 1. The number of carbonyl (C=O) groups is 1. The summed E-state index contributed by atoms with van der Waals surface area (Å²) in [6.45, 7) is 3.09. The van der Waals surface area contributed by atoms with Gasteiger partial charge in [-0.1, -0.05) is 6.92 Å². The molecular weight excluding hydrogens is 206 g/mol. The largest absolute Gasteiger partial charge is 0.486 e. The van der Waals surface area contributed by atoms with Gasteiger partial charge in [-0.3, -0.25) is 4.79 Å². The molecule has 0 spiro atoms. The summed E-state index contributed by atoms with van der Waals surface area (Å²) in [6, 6.07) is 3.54. The average Bonchev–Trinajstić information content (AvgIpc) is 2.36. The van der Waals surface area contributed by atoms with E-state index in [1.807, 2.05) is 6.92 Å². The Morgan fingerprint density at radius 2 is 2.12 bits per heavy atom. The van der Waals surface area contributed by atoms with Gasteiger partial charge in [0.05, 0.1) is 6.54 Å². The molecule has 4 heteroatoms. The van der Waals surface area contributed by atoms with Crippen molar-refractivity contribution in [3.63, 3.8) is 0 Å². The van der Waals surface area contributed by atoms with Gasteiger partial charge in [-0.15, -0.1) is 0 Å². The van der Waals surface area contributed by atoms with E-state index in [4.69, 9.17) is 15.2 Å². The quantitative estimate of drug-likeness (QED) is 0.778. The summed E-state index contributed by atoms with van der Waals surface area (Å²) in [4.78, 5) is 11.7. The molecule has 1 aromatic rings. The number of ketones is 1. The number of carbonyl (C=O) groups excluding carboxylic acids is 1. The highest BCUT2D eigenvalue weighted by molar-refractivity contribution is 5.99. The summed E-state index contributed by atoms with van der Waals surface area (Å²) in [6.07, 6.45) is 0.730. The standard InChI is InChI=1S/C12H15NO3/c1-2-8-9(10(14)7-13)3-4-11-12(8)16-6-5-15-11/h3-4H,2,5-7,13H2,1H3. The molecule has 4 nitrogen and oxygen atoms in total. The maximum atomic E-state index is 11.7. The number of fused-ring (bicyclic) bond motifs is 1. The van der Waals surface area contributed by atoms with E-state index in [0.717, 1.165) is 17.7 Å².